The molecule has 1 spiro atoms. The minimum atomic E-state index is -0.342. The minimum absolute atomic E-state index is 0.0218. The largest absolute Gasteiger partial charge is 0.460 e. The Hall–Kier alpha value is -1.28. The zero-order valence-electron chi connectivity index (χ0n) is 22.3. The van der Waals surface area contributed by atoms with E-state index < -0.39 is 0 Å². The van der Waals surface area contributed by atoms with Crippen LogP contribution in [0.2, 0.25) is 0 Å². The molecule has 3 rings (SSSR count). The number of esters is 1. The highest BCUT2D eigenvalue weighted by Gasteiger charge is 2.72. The van der Waals surface area contributed by atoms with Crippen LogP contribution >= 0.6 is 0 Å². The van der Waals surface area contributed by atoms with Crippen LogP contribution in [-0.4, -0.2) is 61.5 Å². The Bertz CT molecular complexity index is 744. The van der Waals surface area contributed by atoms with Crippen LogP contribution in [0.4, 0.5) is 0 Å². The molecule has 200 valence electrons. The predicted octanol–water partition coefficient (Wildman–Crippen LogP) is 4.64. The molecule has 2 heterocycles. The number of hydrogen-bond donors (Lipinski definition) is 1. The van der Waals surface area contributed by atoms with Crippen molar-refractivity contribution in [3.8, 4) is 0 Å². The molecular formula is C28H47NO6. The Morgan fingerprint density at radius 3 is 2.40 bits per heavy atom. The Kier molecular flexibility index (Phi) is 10.3. The first-order chi connectivity index (χ1) is 16.8. The van der Waals surface area contributed by atoms with Crippen molar-refractivity contribution in [2.45, 2.75) is 127 Å². The van der Waals surface area contributed by atoms with Crippen molar-refractivity contribution in [2.24, 2.45) is 11.7 Å². The van der Waals surface area contributed by atoms with E-state index in [4.69, 9.17) is 24.7 Å². The maximum absolute atomic E-state index is 12.6. The van der Waals surface area contributed by atoms with Crippen molar-refractivity contribution in [1.29, 1.82) is 0 Å². The molecule has 0 aromatic rings. The first-order valence-corrected chi connectivity index (χ1v) is 13.6. The molecule has 0 aromatic heterocycles. The molecule has 6 atom stereocenters. The molecule has 0 bridgehead atoms. The third-order valence-electron chi connectivity index (χ3n) is 8.02. The zero-order chi connectivity index (χ0) is 25.5. The summed E-state index contributed by atoms with van der Waals surface area (Å²) in [6, 6.07) is 0. The maximum Gasteiger partial charge on any atom is 0.306 e. The number of epoxide rings is 2. The Morgan fingerprint density at radius 2 is 1.74 bits per heavy atom. The molecule has 2 saturated heterocycles. The molecule has 3 unspecified atom stereocenters. The van der Waals surface area contributed by atoms with Gasteiger partial charge in [0.2, 0.25) is 0 Å². The van der Waals surface area contributed by atoms with Crippen LogP contribution in [-0.2, 0) is 28.5 Å². The number of nitrogens with two attached hydrogens (primary N) is 1. The number of unbranched alkanes of at least 4 members (excludes halogenated alkanes) is 4. The number of allylic oxidation sites excluding steroid dienone is 1. The van der Waals surface area contributed by atoms with E-state index in [1.54, 1.807) is 7.11 Å². The number of ketones is 1. The summed E-state index contributed by atoms with van der Waals surface area (Å²) in [5.74, 6) is 0.00714. The van der Waals surface area contributed by atoms with Gasteiger partial charge in [-0.3, -0.25) is 9.59 Å². The first kappa shape index (κ1) is 28.3. The normalized spacial score (nSPS) is 33.4. The average Bonchev–Trinajstić information content (AvgIpc) is 3.73. The van der Waals surface area contributed by atoms with Gasteiger partial charge < -0.3 is 24.7 Å². The number of methoxy groups -OCH3 is 1. The summed E-state index contributed by atoms with van der Waals surface area (Å²) in [4.78, 5) is 24.8. The van der Waals surface area contributed by atoms with Crippen molar-refractivity contribution < 1.29 is 28.5 Å². The van der Waals surface area contributed by atoms with Crippen LogP contribution in [0.15, 0.2) is 11.6 Å². The molecule has 2 aliphatic heterocycles. The lowest BCUT2D eigenvalue weighted by Crippen LogP contribution is -2.55. The fourth-order valence-electron chi connectivity index (χ4n) is 5.85. The van der Waals surface area contributed by atoms with E-state index >= 15 is 0 Å². The Balaban J connectivity index is 1.44. The summed E-state index contributed by atoms with van der Waals surface area (Å²) in [6.45, 7) is 7.78. The van der Waals surface area contributed by atoms with Crippen molar-refractivity contribution in [2.75, 3.05) is 20.3 Å². The number of ether oxygens (including phenoxy) is 4. The molecule has 0 radical (unpaired) electrons. The van der Waals surface area contributed by atoms with Crippen molar-refractivity contribution in [1.82, 2.24) is 0 Å². The third kappa shape index (κ3) is 7.61. The minimum Gasteiger partial charge on any atom is -0.460 e. The molecule has 1 aliphatic carbocycles. The van der Waals surface area contributed by atoms with Crippen molar-refractivity contribution in [3.05, 3.63) is 11.6 Å². The molecular weight excluding hydrogens is 446 g/mol. The van der Waals surface area contributed by atoms with Crippen molar-refractivity contribution >= 4 is 11.8 Å². The molecule has 3 aliphatic rings. The summed E-state index contributed by atoms with van der Waals surface area (Å²) in [6.07, 6.45) is 11.3. The van der Waals surface area contributed by atoms with E-state index in [1.807, 2.05) is 0 Å². The third-order valence-corrected chi connectivity index (χ3v) is 8.02. The average molecular weight is 494 g/mol. The van der Waals surface area contributed by atoms with Gasteiger partial charge in [0.25, 0.3) is 0 Å². The van der Waals surface area contributed by atoms with E-state index in [2.05, 4.69) is 26.8 Å². The van der Waals surface area contributed by atoms with E-state index in [1.165, 1.54) is 5.57 Å². The maximum atomic E-state index is 12.6. The fraction of sp³-hybridized carbons (Fsp3) is 0.857. The number of carbonyl (C=O) groups is 2. The van der Waals surface area contributed by atoms with Gasteiger partial charge in [-0.15, -0.1) is 0 Å². The van der Waals surface area contributed by atoms with Gasteiger partial charge in [-0.2, -0.15) is 0 Å². The monoisotopic (exact) mass is 493 g/mol. The molecule has 0 amide bonds. The molecule has 35 heavy (non-hydrogen) atoms. The second-order valence-electron chi connectivity index (χ2n) is 11.1. The van der Waals surface area contributed by atoms with E-state index in [9.17, 15) is 9.59 Å². The molecule has 7 nitrogen and oxygen atoms in total. The molecule has 0 aromatic carbocycles. The Morgan fingerprint density at radius 1 is 1.06 bits per heavy atom. The lowest BCUT2D eigenvalue weighted by atomic mass is 9.68. The summed E-state index contributed by atoms with van der Waals surface area (Å²) >= 11 is 0. The summed E-state index contributed by atoms with van der Waals surface area (Å²) in [5, 5.41) is 0. The van der Waals surface area contributed by atoms with Gasteiger partial charge in [-0.05, 0) is 65.8 Å². The quantitative estimate of drug-likeness (QED) is 0.144. The first-order valence-electron chi connectivity index (χ1n) is 13.6. The second kappa shape index (κ2) is 12.8. The van der Waals surface area contributed by atoms with Crippen LogP contribution in [0.3, 0.4) is 0 Å². The lowest BCUT2D eigenvalue weighted by Gasteiger charge is -2.42. The molecule has 1 saturated carbocycles. The predicted molar refractivity (Wildman–Crippen MR) is 135 cm³/mol. The fourth-order valence-corrected chi connectivity index (χ4v) is 5.85. The van der Waals surface area contributed by atoms with Gasteiger partial charge in [-0.25, -0.2) is 0 Å². The number of carbonyl (C=O) groups excluding carboxylic acids is 2. The highest BCUT2D eigenvalue weighted by Crippen LogP contribution is 2.59. The SMILES string of the molecule is COC1C(OC(=O)CCCC(=O)CCCCCCCN)CC[C@]2(CO2)C1[C@]1(C)O[C@@H]1CC=C(C)C. The summed E-state index contributed by atoms with van der Waals surface area (Å²) in [7, 11) is 1.69. The standard InChI is InChI=1S/C28H47NO6/c1-20(2)14-15-23-27(3,35-23)26-25(32-4)22(16-17-28(26)19-33-28)34-24(31)13-10-12-21(30)11-8-6-5-7-9-18-29/h14,22-23,25-26H,5-13,15-19,29H2,1-4H3/t22?,23-,25?,26?,27-,28+/m1/s1. The highest BCUT2D eigenvalue weighted by atomic mass is 16.6. The zero-order valence-corrected chi connectivity index (χ0v) is 22.3. The second-order valence-corrected chi connectivity index (χ2v) is 11.1. The topological polar surface area (TPSA) is 104 Å². The van der Waals surface area contributed by atoms with Crippen LogP contribution in [0, 0.1) is 5.92 Å². The van der Waals surface area contributed by atoms with Gasteiger partial charge in [-0.1, -0.05) is 30.9 Å². The van der Waals surface area contributed by atoms with Crippen LogP contribution < -0.4 is 5.73 Å². The van der Waals surface area contributed by atoms with Gasteiger partial charge >= 0.3 is 5.97 Å². The van der Waals surface area contributed by atoms with Crippen LogP contribution in [0.1, 0.15) is 97.8 Å². The van der Waals surface area contributed by atoms with Gasteiger partial charge in [0.1, 0.15) is 29.2 Å². The van der Waals surface area contributed by atoms with Gasteiger partial charge in [0.15, 0.2) is 0 Å². The van der Waals surface area contributed by atoms with Crippen LogP contribution in [0.5, 0.6) is 0 Å². The van der Waals surface area contributed by atoms with E-state index in [0.717, 1.165) is 57.9 Å². The summed E-state index contributed by atoms with van der Waals surface area (Å²) < 4.78 is 24.0. The van der Waals surface area contributed by atoms with Crippen molar-refractivity contribution in [3.63, 3.8) is 0 Å². The van der Waals surface area contributed by atoms with Crippen LogP contribution in [0.25, 0.3) is 0 Å². The molecule has 3 fully saturated rings. The Labute approximate surface area is 211 Å². The number of hydrogen-bond acceptors (Lipinski definition) is 7. The molecule has 7 heteroatoms. The van der Waals surface area contributed by atoms with Gasteiger partial charge in [0.05, 0.1) is 18.6 Å². The van der Waals surface area contributed by atoms with E-state index in [-0.39, 0.29) is 53.6 Å². The number of rotatable bonds is 16. The highest BCUT2D eigenvalue weighted by molar-refractivity contribution is 5.79. The van der Waals surface area contributed by atoms with E-state index in [0.29, 0.717) is 25.9 Å². The molecule has 2 N–H and O–H groups in total. The van der Waals surface area contributed by atoms with Gasteiger partial charge in [0, 0.05) is 26.4 Å². The number of Topliss-reactive ketones (excluding diaryl/α,β-unsaturated/α-hetero) is 1. The summed E-state index contributed by atoms with van der Waals surface area (Å²) in [5.41, 5.74) is 6.21. The smallest absolute Gasteiger partial charge is 0.306 e. The lowest BCUT2D eigenvalue weighted by molar-refractivity contribution is -0.172.